The largest absolute Gasteiger partial charge is 0.472 e. The summed E-state index contributed by atoms with van der Waals surface area (Å²) >= 11 is 0. The molecule has 1 aliphatic carbocycles. The topological polar surface area (TPSA) is 230 Å². The van der Waals surface area contributed by atoms with Gasteiger partial charge in [-0.25, -0.2) is 4.57 Å². The van der Waals surface area contributed by atoms with Gasteiger partial charge in [0.05, 0.1) is 12.7 Å². The minimum atomic E-state index is -5.16. The van der Waals surface area contributed by atoms with Crippen LogP contribution in [0.5, 0.6) is 0 Å². The van der Waals surface area contributed by atoms with Gasteiger partial charge in [0.1, 0.15) is 43.2 Å². The third-order valence-corrected chi connectivity index (χ3v) is 11.4. The number of aliphatic hydroxyl groups excluding tert-OH is 6. The first-order chi connectivity index (χ1) is 30.8. The molecule has 0 radical (unpaired) electrons. The van der Waals surface area contributed by atoms with E-state index in [2.05, 4.69) is 67.7 Å². The molecule has 64 heavy (non-hydrogen) atoms. The average Bonchev–Trinajstić information content (AvgIpc) is 3.28. The summed E-state index contributed by atoms with van der Waals surface area (Å²) in [5.74, 6) is -1.25. The quantitative estimate of drug-likeness (QED) is 0.0135. The highest BCUT2D eigenvalue weighted by Crippen LogP contribution is 2.47. The third kappa shape index (κ3) is 30.2. The zero-order valence-electron chi connectivity index (χ0n) is 38.4. The second-order valence-electron chi connectivity index (χ2n) is 16.0. The van der Waals surface area contributed by atoms with Crippen molar-refractivity contribution in [3.8, 4) is 0 Å². The normalized spacial score (nSPS) is 22.8. The third-order valence-electron chi connectivity index (χ3n) is 10.4. The molecule has 0 aromatic carbocycles. The van der Waals surface area contributed by atoms with E-state index in [1.165, 1.54) is 38.5 Å². The number of ether oxygens (including phenoxy) is 2. The van der Waals surface area contributed by atoms with Gasteiger partial charge in [0.2, 0.25) is 0 Å². The molecule has 366 valence electrons. The molecule has 0 aliphatic heterocycles. The van der Waals surface area contributed by atoms with Crippen molar-refractivity contribution in [3.05, 3.63) is 85.1 Å². The Balaban J connectivity index is 2.55. The predicted molar refractivity (Wildman–Crippen MR) is 250 cm³/mol. The summed E-state index contributed by atoms with van der Waals surface area (Å²) < 4.78 is 33.4. The van der Waals surface area contributed by atoms with Crippen LogP contribution in [0.15, 0.2) is 85.1 Å². The van der Waals surface area contributed by atoms with E-state index in [9.17, 15) is 49.7 Å². The first kappa shape index (κ1) is 59.0. The Kier molecular flexibility index (Phi) is 35.2. The van der Waals surface area contributed by atoms with Crippen molar-refractivity contribution < 1.29 is 68.2 Å². The Hall–Kier alpha value is -3.01. The Morgan fingerprint density at radius 1 is 0.547 bits per heavy atom. The fraction of sp³-hybridized carbons (Fsp3) is 0.673. The highest BCUT2D eigenvalue weighted by atomic mass is 31.2. The van der Waals surface area contributed by atoms with Crippen LogP contribution in [0.4, 0.5) is 0 Å². The lowest BCUT2D eigenvalue weighted by Crippen LogP contribution is -2.64. The van der Waals surface area contributed by atoms with Crippen molar-refractivity contribution in [1.82, 2.24) is 0 Å². The van der Waals surface area contributed by atoms with Crippen LogP contribution in [0.2, 0.25) is 0 Å². The van der Waals surface area contributed by atoms with Crippen molar-refractivity contribution in [1.29, 1.82) is 0 Å². The van der Waals surface area contributed by atoms with E-state index in [0.717, 1.165) is 57.8 Å². The number of aliphatic hydroxyl groups is 6. The van der Waals surface area contributed by atoms with Gasteiger partial charge in [0, 0.05) is 12.8 Å². The van der Waals surface area contributed by atoms with Crippen LogP contribution in [0.3, 0.4) is 0 Å². The van der Waals surface area contributed by atoms with Gasteiger partial charge in [-0.3, -0.25) is 18.6 Å². The Morgan fingerprint density at radius 3 is 1.47 bits per heavy atom. The van der Waals surface area contributed by atoms with Gasteiger partial charge in [0.25, 0.3) is 0 Å². The van der Waals surface area contributed by atoms with Gasteiger partial charge in [0.15, 0.2) is 6.10 Å². The van der Waals surface area contributed by atoms with E-state index in [1.807, 2.05) is 31.2 Å². The van der Waals surface area contributed by atoms with Gasteiger partial charge in [-0.05, 0) is 89.9 Å². The Labute approximate surface area is 382 Å². The molecule has 0 amide bonds. The van der Waals surface area contributed by atoms with E-state index in [4.69, 9.17) is 18.5 Å². The first-order valence-corrected chi connectivity index (χ1v) is 25.0. The number of phosphoric acid groups is 1. The maximum atomic E-state index is 12.8. The molecule has 1 saturated carbocycles. The molecule has 0 aromatic heterocycles. The predicted octanol–water partition coefficient (Wildman–Crippen LogP) is 8.25. The van der Waals surface area contributed by atoms with E-state index in [1.54, 1.807) is 0 Å². The fourth-order valence-corrected chi connectivity index (χ4v) is 7.36. The molecule has 15 heteroatoms. The van der Waals surface area contributed by atoms with E-state index in [-0.39, 0.29) is 18.9 Å². The number of allylic oxidation sites excluding steroid dienone is 14. The van der Waals surface area contributed by atoms with Crippen LogP contribution in [0.1, 0.15) is 149 Å². The lowest BCUT2D eigenvalue weighted by Gasteiger charge is -2.41. The summed E-state index contributed by atoms with van der Waals surface area (Å²) in [7, 11) is -5.16. The van der Waals surface area contributed by atoms with Crippen LogP contribution >= 0.6 is 7.82 Å². The summed E-state index contributed by atoms with van der Waals surface area (Å²) in [5, 5.41) is 59.7. The van der Waals surface area contributed by atoms with E-state index >= 15 is 0 Å². The molecule has 3 unspecified atom stereocenters. The number of carbonyl (C=O) groups is 2. The lowest BCUT2D eigenvalue weighted by molar-refractivity contribution is -0.220. The highest BCUT2D eigenvalue weighted by Gasteiger charge is 2.51. The number of hydrogen-bond donors (Lipinski definition) is 7. The Morgan fingerprint density at radius 2 is 0.969 bits per heavy atom. The van der Waals surface area contributed by atoms with Crippen LogP contribution in [0.25, 0.3) is 0 Å². The summed E-state index contributed by atoms with van der Waals surface area (Å²) in [6.45, 7) is 2.91. The zero-order valence-corrected chi connectivity index (χ0v) is 39.3. The van der Waals surface area contributed by atoms with Crippen molar-refractivity contribution in [3.63, 3.8) is 0 Å². The number of unbranched alkanes of at least 4 members (excludes halogenated alkanes) is 8. The average molecular weight is 925 g/mol. The van der Waals surface area contributed by atoms with Crippen LogP contribution < -0.4 is 0 Å². The molecule has 1 fully saturated rings. The molecular formula is C49H81O14P. The summed E-state index contributed by atoms with van der Waals surface area (Å²) in [4.78, 5) is 35.7. The minimum Gasteiger partial charge on any atom is -0.462 e. The minimum absolute atomic E-state index is 0.00197. The zero-order chi connectivity index (χ0) is 47.3. The smallest absolute Gasteiger partial charge is 0.462 e. The van der Waals surface area contributed by atoms with Crippen molar-refractivity contribution >= 4 is 19.8 Å². The van der Waals surface area contributed by atoms with E-state index in [0.29, 0.717) is 25.7 Å². The van der Waals surface area contributed by atoms with Gasteiger partial charge < -0.3 is 45.0 Å². The lowest BCUT2D eigenvalue weighted by atomic mass is 9.85. The van der Waals surface area contributed by atoms with Crippen LogP contribution in [0, 0.1) is 0 Å². The molecule has 9 atom stereocenters. The van der Waals surface area contributed by atoms with Gasteiger partial charge in [-0.15, -0.1) is 0 Å². The van der Waals surface area contributed by atoms with Crippen LogP contribution in [-0.2, 0) is 32.7 Å². The number of esters is 2. The van der Waals surface area contributed by atoms with Crippen molar-refractivity contribution in [2.45, 2.75) is 198 Å². The maximum absolute atomic E-state index is 12.8. The second kappa shape index (κ2) is 38.1. The maximum Gasteiger partial charge on any atom is 0.472 e. The van der Waals surface area contributed by atoms with Gasteiger partial charge in [-0.2, -0.15) is 0 Å². The van der Waals surface area contributed by atoms with Crippen molar-refractivity contribution in [2.24, 2.45) is 0 Å². The molecule has 7 N–H and O–H groups in total. The number of rotatable bonds is 37. The van der Waals surface area contributed by atoms with Crippen molar-refractivity contribution in [2.75, 3.05) is 13.2 Å². The molecule has 14 nitrogen and oxygen atoms in total. The SMILES string of the molecule is CCCCCCCC/C=C\C/C=C\C/C=C\CCCC(=O)O[C@H](COC(=O)CCC/C=C\C/C=C\C/C=C\C/C=C\CC[C@@H](O)CC)COP(=O)(O)OC1[C@H](O)[C@H](O)C(O)[C@H](O)[C@H]1O. The molecule has 0 bridgehead atoms. The Bertz CT molecular complexity index is 1460. The van der Waals surface area contributed by atoms with E-state index < -0.39 is 75.7 Å². The summed E-state index contributed by atoms with van der Waals surface area (Å²) in [6, 6.07) is 0. The van der Waals surface area contributed by atoms with Gasteiger partial charge >= 0.3 is 19.8 Å². The first-order valence-electron chi connectivity index (χ1n) is 23.5. The summed E-state index contributed by atoms with van der Waals surface area (Å²) in [6.07, 6.45) is 33.0. The molecule has 1 rings (SSSR count). The molecule has 0 spiro atoms. The molecular weight excluding hydrogens is 843 g/mol. The summed E-state index contributed by atoms with van der Waals surface area (Å²) in [5.41, 5.74) is 0. The number of hydrogen-bond acceptors (Lipinski definition) is 13. The fourth-order valence-electron chi connectivity index (χ4n) is 6.39. The molecule has 1 aliphatic rings. The number of phosphoric ester groups is 1. The number of carbonyl (C=O) groups excluding carboxylic acids is 2. The second-order valence-corrected chi connectivity index (χ2v) is 17.4. The standard InChI is InChI=1S/C49H81O14P/c1-3-5-6-7-8-9-10-11-12-13-14-19-22-25-28-31-34-37-43(52)62-41(39-61-64(58,59)63-49-47(56)45(54)44(53)46(55)48(49)57)38-60-42(51)36-33-30-27-24-21-18-16-15-17-20-23-26-29-32-35-40(50)4-2/h11-12,14,16-20,24-29,40-41,44-50,53-57H,3-10,13,15,21-23,30-39H2,1-2H3,(H,58,59)/b12-11-,18-16-,19-14-,20-17-,27-24-,28-25-,29-26-/t40-,41+,44?,45-,46+,47+,48+,49?/m0/s1. The molecule has 0 heterocycles. The van der Waals surface area contributed by atoms with Gasteiger partial charge in [-0.1, -0.05) is 131 Å². The molecule has 0 saturated heterocycles. The molecule has 0 aromatic rings. The highest BCUT2D eigenvalue weighted by molar-refractivity contribution is 7.47. The monoisotopic (exact) mass is 925 g/mol. The van der Waals surface area contributed by atoms with Crippen LogP contribution in [-0.4, -0.2) is 110 Å².